The minimum atomic E-state index is -0.00129. The summed E-state index contributed by atoms with van der Waals surface area (Å²) in [6, 6.07) is 6.50. The van der Waals surface area contributed by atoms with E-state index in [9.17, 15) is 5.11 Å². The number of hydrogen-bond donors (Lipinski definition) is 0. The van der Waals surface area contributed by atoms with Crippen molar-refractivity contribution in [2.24, 2.45) is 0 Å². The maximum absolute atomic E-state index is 10.8. The fourth-order valence-corrected chi connectivity index (χ4v) is 0.784. The van der Waals surface area contributed by atoms with E-state index in [1.54, 1.807) is 12.1 Å². The molecule has 0 unspecified atom stereocenters. The van der Waals surface area contributed by atoms with Crippen LogP contribution in [0.4, 0.5) is 0 Å². The van der Waals surface area contributed by atoms with Crippen molar-refractivity contribution in [2.75, 3.05) is 6.61 Å². The van der Waals surface area contributed by atoms with Crippen LogP contribution in [0.5, 0.6) is 11.5 Å². The quantitative estimate of drug-likeness (QED) is 0.546. The summed E-state index contributed by atoms with van der Waals surface area (Å²) >= 11 is 0. The number of hydrogen-bond acceptors (Lipinski definition) is 2. The van der Waals surface area contributed by atoms with E-state index in [0.29, 0.717) is 12.4 Å². The second-order valence-corrected chi connectivity index (χ2v) is 2.32. The molecule has 1 aromatic rings. The van der Waals surface area contributed by atoms with E-state index in [-0.39, 0.29) is 57.1 Å². The molecule has 1 rings (SSSR count). The zero-order valence-corrected chi connectivity index (χ0v) is 10.7. The first-order valence-electron chi connectivity index (χ1n) is 3.73. The fraction of sp³-hybridized carbons (Fsp3) is 0.333. The Morgan fingerprint density at radius 3 is 2.75 bits per heavy atom. The SMILES string of the molecule is CCCOc1cccc([O-])c1.[K+]. The van der Waals surface area contributed by atoms with Gasteiger partial charge in [0.25, 0.3) is 0 Å². The summed E-state index contributed by atoms with van der Waals surface area (Å²) in [5.74, 6) is 0.665. The monoisotopic (exact) mass is 190 g/mol. The van der Waals surface area contributed by atoms with Gasteiger partial charge in [0, 0.05) is 0 Å². The van der Waals surface area contributed by atoms with Crippen LogP contribution in [-0.2, 0) is 0 Å². The Morgan fingerprint density at radius 1 is 1.42 bits per heavy atom. The van der Waals surface area contributed by atoms with Gasteiger partial charge in [0.15, 0.2) is 0 Å². The van der Waals surface area contributed by atoms with Crippen molar-refractivity contribution < 1.29 is 61.2 Å². The molecular formula is C9H11KO2. The van der Waals surface area contributed by atoms with Gasteiger partial charge >= 0.3 is 51.4 Å². The van der Waals surface area contributed by atoms with E-state index >= 15 is 0 Å². The average molecular weight is 190 g/mol. The van der Waals surface area contributed by atoms with E-state index in [1.165, 1.54) is 12.1 Å². The maximum atomic E-state index is 10.8. The molecule has 0 aliphatic carbocycles. The molecule has 0 N–H and O–H groups in total. The van der Waals surface area contributed by atoms with Crippen LogP contribution < -0.4 is 61.2 Å². The molecule has 0 radical (unpaired) electrons. The fourth-order valence-electron chi connectivity index (χ4n) is 0.784. The van der Waals surface area contributed by atoms with Crippen molar-refractivity contribution in [3.63, 3.8) is 0 Å². The van der Waals surface area contributed by atoms with Gasteiger partial charge in [-0.2, -0.15) is 0 Å². The van der Waals surface area contributed by atoms with Crippen LogP contribution in [0.1, 0.15) is 13.3 Å². The molecule has 0 heterocycles. The summed E-state index contributed by atoms with van der Waals surface area (Å²) in [5, 5.41) is 10.8. The van der Waals surface area contributed by atoms with Gasteiger partial charge in [0.05, 0.1) is 6.61 Å². The van der Waals surface area contributed by atoms with Crippen molar-refractivity contribution in [3.05, 3.63) is 24.3 Å². The summed E-state index contributed by atoms with van der Waals surface area (Å²) in [7, 11) is 0. The maximum Gasteiger partial charge on any atom is 1.00 e. The molecule has 2 nitrogen and oxygen atoms in total. The van der Waals surface area contributed by atoms with Crippen LogP contribution in [0, 0.1) is 0 Å². The first kappa shape index (κ1) is 12.5. The summed E-state index contributed by atoms with van der Waals surface area (Å²) in [4.78, 5) is 0. The first-order chi connectivity index (χ1) is 5.33. The standard InChI is InChI=1S/C9H12O2.K/c1-2-6-11-9-5-3-4-8(10)7-9;/h3-5,7,10H,2,6H2,1H3;/q;+1/p-1. The van der Waals surface area contributed by atoms with Gasteiger partial charge in [-0.25, -0.2) is 0 Å². The largest absolute Gasteiger partial charge is 1.00 e. The third-order valence-electron chi connectivity index (χ3n) is 1.28. The zero-order chi connectivity index (χ0) is 8.10. The molecule has 60 valence electrons. The second-order valence-electron chi connectivity index (χ2n) is 2.32. The van der Waals surface area contributed by atoms with Crippen molar-refractivity contribution in [1.29, 1.82) is 0 Å². The minimum absolute atomic E-state index is 0. The van der Waals surface area contributed by atoms with Gasteiger partial charge < -0.3 is 9.84 Å². The predicted molar refractivity (Wildman–Crippen MR) is 41.7 cm³/mol. The summed E-state index contributed by atoms with van der Waals surface area (Å²) in [6.07, 6.45) is 0.961. The summed E-state index contributed by atoms with van der Waals surface area (Å²) in [5.41, 5.74) is 0. The molecule has 0 aliphatic heterocycles. The molecular weight excluding hydrogens is 179 g/mol. The Bertz CT molecular complexity index is 226. The Morgan fingerprint density at radius 2 is 2.17 bits per heavy atom. The van der Waals surface area contributed by atoms with Crippen molar-refractivity contribution >= 4 is 0 Å². The van der Waals surface area contributed by atoms with E-state index in [2.05, 4.69) is 0 Å². The molecule has 0 saturated heterocycles. The first-order valence-corrected chi connectivity index (χ1v) is 3.73. The van der Waals surface area contributed by atoms with Crippen LogP contribution in [0.25, 0.3) is 0 Å². The molecule has 0 bridgehead atoms. The Balaban J connectivity index is 0.00000121. The molecule has 0 fully saturated rings. The van der Waals surface area contributed by atoms with Gasteiger partial charge in [-0.1, -0.05) is 19.1 Å². The van der Waals surface area contributed by atoms with Crippen LogP contribution >= 0.6 is 0 Å². The Kier molecular flexibility index (Phi) is 7.18. The normalized spacial score (nSPS) is 8.75. The second kappa shape index (κ2) is 6.92. The molecule has 0 spiro atoms. The van der Waals surface area contributed by atoms with Gasteiger partial charge in [-0.05, 0) is 18.6 Å². The van der Waals surface area contributed by atoms with Crippen LogP contribution in [0.2, 0.25) is 0 Å². The van der Waals surface area contributed by atoms with Crippen LogP contribution in [-0.4, -0.2) is 6.61 Å². The number of ether oxygens (including phenoxy) is 1. The molecule has 0 amide bonds. The Hall–Kier alpha value is 0.456. The Labute approximate surface area is 115 Å². The predicted octanol–water partition coefficient (Wildman–Crippen LogP) is -1.45. The number of rotatable bonds is 3. The van der Waals surface area contributed by atoms with Crippen LogP contribution in [0.3, 0.4) is 0 Å². The average Bonchev–Trinajstić information content (AvgIpc) is 2.01. The van der Waals surface area contributed by atoms with Gasteiger partial charge in [-0.15, -0.1) is 5.75 Å². The van der Waals surface area contributed by atoms with Crippen molar-refractivity contribution in [2.45, 2.75) is 13.3 Å². The molecule has 12 heavy (non-hydrogen) atoms. The summed E-state index contributed by atoms with van der Waals surface area (Å²) < 4.78 is 5.24. The van der Waals surface area contributed by atoms with E-state index in [1.807, 2.05) is 6.92 Å². The van der Waals surface area contributed by atoms with Gasteiger partial charge in [-0.3, -0.25) is 0 Å². The topological polar surface area (TPSA) is 32.3 Å². The third-order valence-corrected chi connectivity index (χ3v) is 1.28. The molecule has 0 saturated carbocycles. The van der Waals surface area contributed by atoms with Gasteiger partial charge in [0.1, 0.15) is 5.75 Å². The molecule has 0 atom stereocenters. The summed E-state index contributed by atoms with van der Waals surface area (Å²) in [6.45, 7) is 2.70. The van der Waals surface area contributed by atoms with Crippen LogP contribution in [0.15, 0.2) is 24.3 Å². The van der Waals surface area contributed by atoms with E-state index in [0.717, 1.165) is 6.42 Å². The molecule has 3 heteroatoms. The zero-order valence-electron chi connectivity index (χ0n) is 7.54. The van der Waals surface area contributed by atoms with Crippen molar-refractivity contribution in [1.82, 2.24) is 0 Å². The molecule has 1 aromatic carbocycles. The molecule has 0 aromatic heterocycles. The third kappa shape index (κ3) is 4.47. The van der Waals surface area contributed by atoms with Gasteiger partial charge in [0.2, 0.25) is 0 Å². The number of benzene rings is 1. The van der Waals surface area contributed by atoms with Crippen molar-refractivity contribution in [3.8, 4) is 11.5 Å². The van der Waals surface area contributed by atoms with E-state index < -0.39 is 0 Å². The molecule has 0 aliphatic rings. The minimum Gasteiger partial charge on any atom is -0.872 e. The smallest absolute Gasteiger partial charge is 0.872 e. The van der Waals surface area contributed by atoms with E-state index in [4.69, 9.17) is 4.74 Å².